The van der Waals surface area contributed by atoms with E-state index in [4.69, 9.17) is 15.2 Å². The zero-order valence-electron chi connectivity index (χ0n) is 16.8. The number of hydrogen-bond donors (Lipinski definition) is 2. The van der Waals surface area contributed by atoms with Gasteiger partial charge in [-0.2, -0.15) is 5.26 Å². The predicted octanol–water partition coefficient (Wildman–Crippen LogP) is 0.429. The van der Waals surface area contributed by atoms with E-state index in [1.54, 1.807) is 28.8 Å². The standard InChI is InChI=1S/C22H23FN4O3/c1-14-12-18-20(22(28)27(14)7-6-26-8-10-29-11-9-26)19(16(13-24)21(25)30-18)15-4-2-3-5-17(15)23/h2-5,12,19H,6-11,25H2,1H3/p+1/t19-/m0/s1. The fourth-order valence-corrected chi connectivity index (χ4v) is 4.16. The number of halogens is 1. The Morgan fingerprint density at radius 2 is 2.07 bits per heavy atom. The second-order valence-electron chi connectivity index (χ2n) is 7.58. The number of benzene rings is 1. The summed E-state index contributed by atoms with van der Waals surface area (Å²) < 4.78 is 27.4. The van der Waals surface area contributed by atoms with Crippen LogP contribution in [0.4, 0.5) is 4.39 Å². The number of allylic oxidation sites excluding steroid dienone is 1. The molecule has 0 spiro atoms. The Kier molecular flexibility index (Phi) is 5.57. The van der Waals surface area contributed by atoms with Gasteiger partial charge in [-0.15, -0.1) is 0 Å². The number of nitrogens with one attached hydrogen (secondary N) is 1. The lowest BCUT2D eigenvalue weighted by molar-refractivity contribution is -0.908. The molecule has 4 rings (SSSR count). The summed E-state index contributed by atoms with van der Waals surface area (Å²) >= 11 is 0. The van der Waals surface area contributed by atoms with E-state index in [-0.39, 0.29) is 33.9 Å². The van der Waals surface area contributed by atoms with E-state index in [0.717, 1.165) is 25.3 Å². The number of pyridine rings is 1. The van der Waals surface area contributed by atoms with E-state index in [1.165, 1.54) is 11.0 Å². The van der Waals surface area contributed by atoms with Crippen molar-refractivity contribution >= 4 is 0 Å². The molecule has 1 aromatic heterocycles. The number of ether oxygens (including phenoxy) is 2. The molecule has 0 saturated carbocycles. The molecule has 2 aliphatic heterocycles. The largest absolute Gasteiger partial charge is 0.440 e. The van der Waals surface area contributed by atoms with Crippen molar-refractivity contribution in [1.82, 2.24) is 4.57 Å². The molecule has 30 heavy (non-hydrogen) atoms. The Morgan fingerprint density at radius 3 is 2.77 bits per heavy atom. The highest BCUT2D eigenvalue weighted by molar-refractivity contribution is 5.55. The van der Waals surface area contributed by atoms with Crippen molar-refractivity contribution in [2.75, 3.05) is 32.8 Å². The molecule has 0 bridgehead atoms. The summed E-state index contributed by atoms with van der Waals surface area (Å²) in [6.07, 6.45) is 0. The minimum atomic E-state index is -0.907. The molecule has 156 valence electrons. The van der Waals surface area contributed by atoms with E-state index in [2.05, 4.69) is 0 Å². The summed E-state index contributed by atoms with van der Waals surface area (Å²) in [5.41, 5.74) is 6.92. The zero-order chi connectivity index (χ0) is 21.3. The molecule has 1 fully saturated rings. The second-order valence-corrected chi connectivity index (χ2v) is 7.58. The first-order valence-corrected chi connectivity index (χ1v) is 9.99. The molecule has 0 radical (unpaired) electrons. The van der Waals surface area contributed by atoms with Crippen molar-refractivity contribution in [2.45, 2.75) is 19.4 Å². The molecule has 2 aliphatic rings. The second kappa shape index (κ2) is 8.30. The van der Waals surface area contributed by atoms with Crippen LogP contribution in [0.15, 0.2) is 46.6 Å². The maximum atomic E-state index is 14.7. The van der Waals surface area contributed by atoms with Crippen LogP contribution in [0.3, 0.4) is 0 Å². The molecule has 1 aromatic carbocycles. The number of aromatic nitrogens is 1. The molecule has 7 nitrogen and oxygen atoms in total. The number of nitriles is 1. The number of hydrogen-bond acceptors (Lipinski definition) is 5. The highest BCUT2D eigenvalue weighted by Crippen LogP contribution is 2.41. The highest BCUT2D eigenvalue weighted by Gasteiger charge is 2.35. The summed E-state index contributed by atoms with van der Waals surface area (Å²) in [5.74, 6) is -1.24. The maximum Gasteiger partial charge on any atom is 0.258 e. The monoisotopic (exact) mass is 411 g/mol. The summed E-state index contributed by atoms with van der Waals surface area (Å²) in [7, 11) is 0. The lowest BCUT2D eigenvalue weighted by atomic mass is 9.83. The van der Waals surface area contributed by atoms with Gasteiger partial charge in [0.15, 0.2) is 0 Å². The minimum Gasteiger partial charge on any atom is -0.440 e. The lowest BCUT2D eigenvalue weighted by Crippen LogP contribution is -3.14. The van der Waals surface area contributed by atoms with E-state index in [0.29, 0.717) is 19.8 Å². The Balaban J connectivity index is 1.80. The molecule has 3 N–H and O–H groups in total. The van der Waals surface area contributed by atoms with Crippen LogP contribution in [-0.2, 0) is 11.3 Å². The SMILES string of the molecule is Cc1cc2c(c(=O)n1CC[NH+]1CCOCC1)[C@@H](c1ccccc1F)C(C#N)=C(N)O2. The third-order valence-corrected chi connectivity index (χ3v) is 5.80. The molecule has 0 unspecified atom stereocenters. The molecule has 0 aliphatic carbocycles. The molecular formula is C22H24FN4O3+. The third kappa shape index (κ3) is 3.58. The van der Waals surface area contributed by atoms with E-state index in [1.807, 2.05) is 13.0 Å². The van der Waals surface area contributed by atoms with Gasteiger partial charge in [0.05, 0.1) is 37.8 Å². The topological polar surface area (TPSA) is 94.7 Å². The quantitative estimate of drug-likeness (QED) is 0.761. The number of rotatable bonds is 4. The van der Waals surface area contributed by atoms with Gasteiger partial charge >= 0.3 is 0 Å². The first kappa shape index (κ1) is 20.1. The smallest absolute Gasteiger partial charge is 0.258 e. The Bertz CT molecular complexity index is 1100. The van der Waals surface area contributed by atoms with Crippen LogP contribution in [0, 0.1) is 24.1 Å². The normalized spacial score (nSPS) is 19.2. The first-order chi connectivity index (χ1) is 14.5. The van der Waals surface area contributed by atoms with Crippen molar-refractivity contribution in [2.24, 2.45) is 5.73 Å². The van der Waals surface area contributed by atoms with Crippen molar-refractivity contribution in [1.29, 1.82) is 5.26 Å². The third-order valence-electron chi connectivity index (χ3n) is 5.80. The summed E-state index contributed by atoms with van der Waals surface area (Å²) in [5, 5.41) is 9.68. The summed E-state index contributed by atoms with van der Waals surface area (Å²) in [6, 6.07) is 9.87. The molecule has 8 heteroatoms. The van der Waals surface area contributed by atoms with Crippen LogP contribution >= 0.6 is 0 Å². The maximum absolute atomic E-state index is 14.7. The number of quaternary nitrogens is 1. The van der Waals surface area contributed by atoms with Gasteiger partial charge in [-0.25, -0.2) is 4.39 Å². The molecule has 0 amide bonds. The van der Waals surface area contributed by atoms with Gasteiger partial charge < -0.3 is 24.7 Å². The fourth-order valence-electron chi connectivity index (χ4n) is 4.16. The summed E-state index contributed by atoms with van der Waals surface area (Å²) in [6.45, 7) is 6.35. The van der Waals surface area contributed by atoms with Gasteiger partial charge in [0, 0.05) is 17.3 Å². The summed E-state index contributed by atoms with van der Waals surface area (Å²) in [4.78, 5) is 14.9. The minimum absolute atomic E-state index is 0.0407. The van der Waals surface area contributed by atoms with Crippen LogP contribution in [0.5, 0.6) is 5.75 Å². The number of morpholine rings is 1. The molecule has 1 atom stereocenters. The van der Waals surface area contributed by atoms with Crippen molar-refractivity contribution < 1.29 is 18.8 Å². The predicted molar refractivity (Wildman–Crippen MR) is 108 cm³/mol. The lowest BCUT2D eigenvalue weighted by Gasteiger charge is -2.28. The van der Waals surface area contributed by atoms with Gasteiger partial charge in [-0.3, -0.25) is 4.79 Å². The van der Waals surface area contributed by atoms with Gasteiger partial charge in [0.2, 0.25) is 5.88 Å². The number of nitrogens with two attached hydrogens (primary N) is 1. The van der Waals surface area contributed by atoms with Crippen LogP contribution in [0.1, 0.15) is 22.7 Å². The van der Waals surface area contributed by atoms with Crippen molar-refractivity contribution in [3.05, 3.63) is 74.8 Å². The van der Waals surface area contributed by atoms with Crippen LogP contribution in [0.2, 0.25) is 0 Å². The average molecular weight is 411 g/mol. The molecule has 1 saturated heterocycles. The van der Waals surface area contributed by atoms with Gasteiger partial charge in [-0.05, 0) is 13.0 Å². The first-order valence-electron chi connectivity index (χ1n) is 9.99. The fraction of sp³-hybridized carbons (Fsp3) is 0.364. The number of fused-ring (bicyclic) bond motifs is 1. The van der Waals surface area contributed by atoms with Gasteiger partial charge in [0.1, 0.15) is 36.3 Å². The highest BCUT2D eigenvalue weighted by atomic mass is 19.1. The Labute approximate surface area is 173 Å². The van der Waals surface area contributed by atoms with Gasteiger partial charge in [-0.1, -0.05) is 18.2 Å². The zero-order valence-corrected chi connectivity index (χ0v) is 16.8. The van der Waals surface area contributed by atoms with Crippen molar-refractivity contribution in [3.8, 4) is 11.8 Å². The van der Waals surface area contributed by atoms with E-state index >= 15 is 0 Å². The van der Waals surface area contributed by atoms with Crippen LogP contribution < -0.4 is 20.9 Å². The Hall–Kier alpha value is -3.15. The number of aryl methyl sites for hydroxylation is 1. The Morgan fingerprint density at radius 1 is 1.33 bits per heavy atom. The average Bonchev–Trinajstić information content (AvgIpc) is 2.74. The van der Waals surface area contributed by atoms with Crippen molar-refractivity contribution in [3.63, 3.8) is 0 Å². The van der Waals surface area contributed by atoms with Crippen LogP contribution in [0.25, 0.3) is 0 Å². The number of nitrogens with zero attached hydrogens (tertiary/aromatic N) is 2. The molecular weight excluding hydrogens is 387 g/mol. The van der Waals surface area contributed by atoms with E-state index in [9.17, 15) is 14.4 Å². The van der Waals surface area contributed by atoms with Crippen LogP contribution in [-0.4, -0.2) is 37.4 Å². The molecule has 3 heterocycles. The molecule has 2 aromatic rings. The van der Waals surface area contributed by atoms with E-state index < -0.39 is 11.7 Å². The van der Waals surface area contributed by atoms with Gasteiger partial charge in [0.25, 0.3) is 5.56 Å².